The van der Waals surface area contributed by atoms with Crippen LogP contribution in [-0.4, -0.2) is 41.7 Å². The Bertz CT molecular complexity index is 177. The summed E-state index contributed by atoms with van der Waals surface area (Å²) in [5, 5.41) is 8.57. The summed E-state index contributed by atoms with van der Waals surface area (Å²) in [6.07, 6.45) is 5.12. The molecule has 0 saturated carbocycles. The first kappa shape index (κ1) is 11.5. The van der Waals surface area contributed by atoms with E-state index in [0.29, 0.717) is 0 Å². The van der Waals surface area contributed by atoms with E-state index in [-0.39, 0.29) is 12.5 Å². The molecule has 82 valence electrons. The van der Waals surface area contributed by atoms with E-state index in [1.165, 1.54) is 25.7 Å². The van der Waals surface area contributed by atoms with Crippen molar-refractivity contribution in [3.8, 4) is 0 Å². The zero-order valence-electron chi connectivity index (χ0n) is 8.61. The van der Waals surface area contributed by atoms with Gasteiger partial charge in [0.2, 0.25) is 0 Å². The average Bonchev–Trinajstić information content (AvgIpc) is 2.31. The number of nitrogens with two attached hydrogens (primary N) is 1. The third-order valence-electron chi connectivity index (χ3n) is 2.63. The van der Waals surface area contributed by atoms with Crippen molar-refractivity contribution in [2.45, 2.75) is 38.1 Å². The van der Waals surface area contributed by atoms with Crippen LogP contribution < -0.4 is 5.73 Å². The summed E-state index contributed by atoms with van der Waals surface area (Å²) in [4.78, 5) is 12.7. The van der Waals surface area contributed by atoms with E-state index >= 15 is 0 Å². The molecule has 4 heteroatoms. The molecule has 1 atom stereocenters. The van der Waals surface area contributed by atoms with Crippen molar-refractivity contribution < 1.29 is 9.90 Å². The van der Waals surface area contributed by atoms with Gasteiger partial charge in [-0.2, -0.15) is 0 Å². The Morgan fingerprint density at radius 2 is 1.86 bits per heavy atom. The zero-order valence-corrected chi connectivity index (χ0v) is 8.61. The molecule has 1 aliphatic rings. The van der Waals surface area contributed by atoms with Crippen LogP contribution in [-0.2, 0) is 4.79 Å². The molecule has 1 saturated heterocycles. The lowest BCUT2D eigenvalue weighted by Crippen LogP contribution is -2.39. The van der Waals surface area contributed by atoms with Crippen LogP contribution in [0.25, 0.3) is 0 Å². The number of carbonyl (C=O) groups is 1. The Balaban J connectivity index is 2.23. The standard InChI is InChI=1S/C10H20N2O2/c11-9(7-10(13)14)8-12-5-3-1-2-4-6-12/h9H,1-8,11H2,(H,13,14). The minimum atomic E-state index is -0.799. The van der Waals surface area contributed by atoms with Gasteiger partial charge >= 0.3 is 5.97 Å². The van der Waals surface area contributed by atoms with Crippen molar-refractivity contribution >= 4 is 5.97 Å². The van der Waals surface area contributed by atoms with E-state index in [4.69, 9.17) is 10.8 Å². The summed E-state index contributed by atoms with van der Waals surface area (Å²) in [5.74, 6) is -0.799. The highest BCUT2D eigenvalue weighted by atomic mass is 16.4. The molecule has 1 rings (SSSR count). The molecule has 0 bridgehead atoms. The molecular formula is C10H20N2O2. The normalized spacial score (nSPS) is 21.5. The number of carboxylic acid groups (broad SMARTS) is 1. The van der Waals surface area contributed by atoms with E-state index in [9.17, 15) is 4.79 Å². The Labute approximate surface area is 85.1 Å². The van der Waals surface area contributed by atoms with Crippen LogP contribution in [0.4, 0.5) is 0 Å². The summed E-state index contributed by atoms with van der Waals surface area (Å²) in [5.41, 5.74) is 5.73. The molecule has 0 radical (unpaired) electrons. The van der Waals surface area contributed by atoms with Gasteiger partial charge in [-0.25, -0.2) is 0 Å². The maximum atomic E-state index is 10.4. The average molecular weight is 200 g/mol. The highest BCUT2D eigenvalue weighted by molar-refractivity contribution is 5.67. The van der Waals surface area contributed by atoms with Gasteiger partial charge in [-0.05, 0) is 25.9 Å². The van der Waals surface area contributed by atoms with Gasteiger partial charge in [-0.3, -0.25) is 4.79 Å². The van der Waals surface area contributed by atoms with Crippen LogP contribution in [0.15, 0.2) is 0 Å². The van der Waals surface area contributed by atoms with Gasteiger partial charge in [-0.15, -0.1) is 0 Å². The number of rotatable bonds is 4. The molecule has 0 spiro atoms. The van der Waals surface area contributed by atoms with Crippen molar-refractivity contribution in [2.75, 3.05) is 19.6 Å². The SMILES string of the molecule is NC(CC(=O)O)CN1CCCCCC1. The second-order valence-electron chi connectivity index (χ2n) is 4.07. The van der Waals surface area contributed by atoms with Crippen LogP contribution in [0, 0.1) is 0 Å². The Morgan fingerprint density at radius 1 is 1.29 bits per heavy atom. The summed E-state index contributed by atoms with van der Waals surface area (Å²) in [6.45, 7) is 2.88. The monoisotopic (exact) mass is 200 g/mol. The minimum absolute atomic E-state index is 0.0799. The fourth-order valence-corrected chi connectivity index (χ4v) is 1.94. The third kappa shape index (κ3) is 4.58. The van der Waals surface area contributed by atoms with Gasteiger partial charge in [-0.1, -0.05) is 12.8 Å². The molecule has 0 aromatic rings. The fourth-order valence-electron chi connectivity index (χ4n) is 1.94. The van der Waals surface area contributed by atoms with Crippen molar-refractivity contribution in [3.63, 3.8) is 0 Å². The molecule has 0 aromatic carbocycles. The molecule has 1 unspecified atom stereocenters. The van der Waals surface area contributed by atoms with Gasteiger partial charge < -0.3 is 15.7 Å². The van der Waals surface area contributed by atoms with E-state index < -0.39 is 5.97 Å². The van der Waals surface area contributed by atoms with Crippen molar-refractivity contribution in [1.82, 2.24) is 4.90 Å². The second kappa shape index (κ2) is 5.98. The first-order valence-electron chi connectivity index (χ1n) is 5.38. The van der Waals surface area contributed by atoms with Crippen LogP contribution in [0.1, 0.15) is 32.1 Å². The number of carboxylic acids is 1. The molecular weight excluding hydrogens is 180 g/mol. The topological polar surface area (TPSA) is 66.6 Å². The summed E-state index contributed by atoms with van der Waals surface area (Å²) in [7, 11) is 0. The Morgan fingerprint density at radius 3 is 2.36 bits per heavy atom. The number of likely N-dealkylation sites (tertiary alicyclic amines) is 1. The van der Waals surface area contributed by atoms with Gasteiger partial charge in [0.25, 0.3) is 0 Å². The van der Waals surface area contributed by atoms with Crippen molar-refractivity contribution in [1.29, 1.82) is 0 Å². The molecule has 1 fully saturated rings. The maximum Gasteiger partial charge on any atom is 0.304 e. The maximum absolute atomic E-state index is 10.4. The van der Waals surface area contributed by atoms with Crippen molar-refractivity contribution in [3.05, 3.63) is 0 Å². The highest BCUT2D eigenvalue weighted by Gasteiger charge is 2.14. The predicted octanol–water partition coefficient (Wildman–Crippen LogP) is 0.664. The van der Waals surface area contributed by atoms with E-state index in [0.717, 1.165) is 19.6 Å². The molecule has 4 nitrogen and oxygen atoms in total. The molecule has 0 amide bonds. The smallest absolute Gasteiger partial charge is 0.304 e. The van der Waals surface area contributed by atoms with Crippen molar-refractivity contribution in [2.24, 2.45) is 5.73 Å². The number of nitrogens with zero attached hydrogens (tertiary/aromatic N) is 1. The summed E-state index contributed by atoms with van der Waals surface area (Å²) < 4.78 is 0. The van der Waals surface area contributed by atoms with Gasteiger partial charge in [0.1, 0.15) is 0 Å². The lowest BCUT2D eigenvalue weighted by molar-refractivity contribution is -0.137. The van der Waals surface area contributed by atoms with E-state index in [2.05, 4.69) is 4.90 Å². The second-order valence-corrected chi connectivity index (χ2v) is 4.07. The Hall–Kier alpha value is -0.610. The fraction of sp³-hybridized carbons (Fsp3) is 0.900. The van der Waals surface area contributed by atoms with Crippen LogP contribution >= 0.6 is 0 Å². The zero-order chi connectivity index (χ0) is 10.4. The van der Waals surface area contributed by atoms with E-state index in [1.807, 2.05) is 0 Å². The number of hydrogen-bond donors (Lipinski definition) is 2. The van der Waals surface area contributed by atoms with Gasteiger partial charge in [0.15, 0.2) is 0 Å². The van der Waals surface area contributed by atoms with Gasteiger partial charge in [0.05, 0.1) is 6.42 Å². The molecule has 3 N–H and O–H groups in total. The molecule has 1 aliphatic heterocycles. The first-order chi connectivity index (χ1) is 6.68. The minimum Gasteiger partial charge on any atom is -0.481 e. The third-order valence-corrected chi connectivity index (χ3v) is 2.63. The largest absolute Gasteiger partial charge is 0.481 e. The Kier molecular flexibility index (Phi) is 4.90. The van der Waals surface area contributed by atoms with Crippen LogP contribution in [0.5, 0.6) is 0 Å². The molecule has 0 aliphatic carbocycles. The van der Waals surface area contributed by atoms with Gasteiger partial charge in [0, 0.05) is 12.6 Å². The lowest BCUT2D eigenvalue weighted by atomic mass is 10.2. The number of aliphatic carboxylic acids is 1. The first-order valence-corrected chi connectivity index (χ1v) is 5.38. The van der Waals surface area contributed by atoms with Crippen LogP contribution in [0.3, 0.4) is 0 Å². The number of hydrogen-bond acceptors (Lipinski definition) is 3. The molecule has 1 heterocycles. The summed E-state index contributed by atoms with van der Waals surface area (Å²) >= 11 is 0. The quantitative estimate of drug-likeness (QED) is 0.699. The van der Waals surface area contributed by atoms with E-state index in [1.54, 1.807) is 0 Å². The van der Waals surface area contributed by atoms with Crippen LogP contribution in [0.2, 0.25) is 0 Å². The summed E-state index contributed by atoms with van der Waals surface area (Å²) in [6, 6.07) is -0.217. The predicted molar refractivity (Wildman–Crippen MR) is 55.1 cm³/mol. The molecule has 0 aromatic heterocycles. The molecule has 14 heavy (non-hydrogen) atoms. The lowest BCUT2D eigenvalue weighted by Gasteiger charge is -2.22. The highest BCUT2D eigenvalue weighted by Crippen LogP contribution is 2.09.